The van der Waals surface area contributed by atoms with Crippen molar-refractivity contribution in [1.29, 1.82) is 5.41 Å². The highest BCUT2D eigenvalue weighted by molar-refractivity contribution is 6.74. The number of benzene rings is 2. The lowest BCUT2D eigenvalue weighted by Crippen LogP contribution is -2.44. The molecule has 2 aromatic heterocycles. The Morgan fingerprint density at radius 3 is 2.36 bits per heavy atom. The van der Waals surface area contributed by atoms with Crippen LogP contribution in [-0.2, 0) is 10.6 Å². The van der Waals surface area contributed by atoms with Crippen LogP contribution in [0.1, 0.15) is 38.0 Å². The molecule has 1 atom stereocenters. The van der Waals surface area contributed by atoms with Gasteiger partial charge in [-0.05, 0) is 24.2 Å². The maximum atomic E-state index is 14.1. The van der Waals surface area contributed by atoms with Crippen LogP contribution in [0.15, 0.2) is 57.6 Å². The summed E-state index contributed by atoms with van der Waals surface area (Å²) in [5, 5.41) is 15.9. The molecule has 0 amide bonds. The first-order valence-corrected chi connectivity index (χ1v) is 15.2. The predicted octanol–water partition coefficient (Wildman–Crippen LogP) is 7.55. The molecular formula is C27H27F3N4O4Si. The predicted molar refractivity (Wildman–Crippen MR) is 140 cm³/mol. The van der Waals surface area contributed by atoms with Crippen LogP contribution in [0.4, 0.5) is 13.2 Å². The molecule has 5 rings (SSSR count). The number of ether oxygens (including phenoxy) is 1. The average molecular weight is 557 g/mol. The molecule has 0 saturated heterocycles. The zero-order chi connectivity index (χ0) is 28.2. The minimum atomic E-state index is -4.78. The van der Waals surface area contributed by atoms with Crippen LogP contribution in [0, 0.1) is 5.41 Å². The van der Waals surface area contributed by atoms with E-state index in [1.807, 2.05) is 0 Å². The average Bonchev–Trinajstić information content (AvgIpc) is 3.53. The highest BCUT2D eigenvalue weighted by Crippen LogP contribution is 2.45. The van der Waals surface area contributed by atoms with Crippen molar-refractivity contribution in [2.24, 2.45) is 0 Å². The highest BCUT2D eigenvalue weighted by atomic mass is 28.4. The van der Waals surface area contributed by atoms with Gasteiger partial charge in [0, 0.05) is 16.7 Å². The number of rotatable bonds is 5. The maximum Gasteiger partial charge on any atom is 0.422 e. The number of hydrogen-bond acceptors (Lipinski definition) is 8. The Bertz CT molecular complexity index is 1520. The van der Waals surface area contributed by atoms with E-state index in [0.29, 0.717) is 22.6 Å². The molecule has 1 aliphatic heterocycles. The number of fused-ring (bicyclic) bond motifs is 1. The summed E-state index contributed by atoms with van der Waals surface area (Å²) < 4.78 is 64.8. The molecule has 0 fully saturated rings. The van der Waals surface area contributed by atoms with Crippen LogP contribution in [0.3, 0.4) is 0 Å². The van der Waals surface area contributed by atoms with Gasteiger partial charge in [-0.1, -0.05) is 73.5 Å². The molecule has 1 aliphatic rings. The Hall–Kier alpha value is -3.77. The van der Waals surface area contributed by atoms with Crippen LogP contribution in [-0.4, -0.2) is 35.9 Å². The molecule has 1 N–H and O–H groups in total. The number of hydrogen-bond donors (Lipinski definition) is 1. The Balaban J connectivity index is 1.49. The third kappa shape index (κ3) is 5.01. The van der Waals surface area contributed by atoms with E-state index in [0.717, 1.165) is 0 Å². The molecule has 4 aromatic rings. The monoisotopic (exact) mass is 556 g/mol. The van der Waals surface area contributed by atoms with Gasteiger partial charge in [0.15, 0.2) is 8.32 Å². The third-order valence-electron chi connectivity index (χ3n) is 7.12. The molecule has 0 spiro atoms. The van der Waals surface area contributed by atoms with Crippen LogP contribution >= 0.6 is 0 Å². The van der Waals surface area contributed by atoms with Crippen LogP contribution in [0.25, 0.3) is 34.3 Å². The van der Waals surface area contributed by atoms with Crippen LogP contribution in [0.2, 0.25) is 18.1 Å². The van der Waals surface area contributed by atoms with Crippen LogP contribution < -0.4 is 4.74 Å². The van der Waals surface area contributed by atoms with E-state index < -0.39 is 37.8 Å². The van der Waals surface area contributed by atoms with Gasteiger partial charge in [0.25, 0.3) is 5.89 Å². The molecular weight excluding hydrogens is 529 g/mol. The Labute approximate surface area is 223 Å². The third-order valence-corrected chi connectivity index (χ3v) is 11.6. The van der Waals surface area contributed by atoms with Crippen molar-refractivity contribution in [2.45, 2.75) is 51.2 Å². The molecule has 204 valence electrons. The summed E-state index contributed by atoms with van der Waals surface area (Å²) in [4.78, 5) is 4.17. The van der Waals surface area contributed by atoms with Crippen molar-refractivity contribution in [2.75, 3.05) is 6.61 Å². The SMILES string of the molecule is CC(C)(C)[Si](C)(C)OC1C(=N)COc2cc(-c3noc(-c4onc(-c5ccccc5)c4C(F)(F)F)n3)ccc21. The standard InChI is InChI=1S/C27H27F3N4O4Si/c1-26(2,3)39(4,5)38-22-17-12-11-16(13-19(17)35-14-18(22)31)24-32-25(37-34-24)23-20(27(28,29)30)21(33-36-23)15-9-7-6-8-10-15/h6-13,22,31H,14H2,1-5H3. The zero-order valence-corrected chi connectivity index (χ0v) is 23.0. The lowest BCUT2D eigenvalue weighted by molar-refractivity contribution is -0.136. The number of alkyl halides is 3. The van der Waals surface area contributed by atoms with Gasteiger partial charge in [0.2, 0.25) is 11.6 Å². The van der Waals surface area contributed by atoms with Crippen molar-refractivity contribution >= 4 is 14.0 Å². The van der Waals surface area contributed by atoms with Gasteiger partial charge in [-0.2, -0.15) is 18.2 Å². The zero-order valence-electron chi connectivity index (χ0n) is 22.0. The van der Waals surface area contributed by atoms with Gasteiger partial charge in [0.05, 0.1) is 5.71 Å². The van der Waals surface area contributed by atoms with Crippen molar-refractivity contribution in [3.05, 3.63) is 59.7 Å². The summed E-state index contributed by atoms with van der Waals surface area (Å²) in [6.45, 7) is 10.7. The summed E-state index contributed by atoms with van der Waals surface area (Å²) in [6.07, 6.45) is -5.33. The number of halogens is 3. The number of nitrogens with one attached hydrogen (secondary N) is 1. The molecule has 0 saturated carbocycles. The molecule has 3 heterocycles. The van der Waals surface area contributed by atoms with E-state index in [1.54, 1.807) is 36.4 Å². The molecule has 0 radical (unpaired) electrons. The van der Waals surface area contributed by atoms with E-state index in [1.165, 1.54) is 12.1 Å². The Morgan fingerprint density at radius 2 is 1.69 bits per heavy atom. The second-order valence-electron chi connectivity index (χ2n) is 10.8. The largest absolute Gasteiger partial charge is 0.487 e. The first-order chi connectivity index (χ1) is 18.3. The topological polar surface area (TPSA) is 107 Å². The number of aromatic nitrogens is 3. The van der Waals surface area contributed by atoms with Gasteiger partial charge >= 0.3 is 6.18 Å². The van der Waals surface area contributed by atoms with Crippen molar-refractivity contribution in [3.63, 3.8) is 0 Å². The summed E-state index contributed by atoms with van der Waals surface area (Å²) >= 11 is 0. The van der Waals surface area contributed by atoms with E-state index in [-0.39, 0.29) is 28.7 Å². The fourth-order valence-corrected chi connectivity index (χ4v) is 5.18. The van der Waals surface area contributed by atoms with Gasteiger partial charge in [-0.3, -0.25) is 0 Å². The lowest BCUT2D eigenvalue weighted by Gasteiger charge is -2.40. The van der Waals surface area contributed by atoms with E-state index >= 15 is 0 Å². The van der Waals surface area contributed by atoms with Gasteiger partial charge in [-0.25, -0.2) is 0 Å². The fourth-order valence-electron chi connectivity index (χ4n) is 3.97. The first-order valence-electron chi connectivity index (χ1n) is 12.2. The summed E-state index contributed by atoms with van der Waals surface area (Å²) in [6, 6.07) is 13.0. The van der Waals surface area contributed by atoms with E-state index in [9.17, 15) is 13.2 Å². The molecule has 0 bridgehead atoms. The molecule has 8 nitrogen and oxygen atoms in total. The number of nitrogens with zero attached hydrogens (tertiary/aromatic N) is 3. The molecule has 0 aliphatic carbocycles. The smallest absolute Gasteiger partial charge is 0.422 e. The second kappa shape index (κ2) is 9.45. The maximum absolute atomic E-state index is 14.1. The minimum Gasteiger partial charge on any atom is -0.487 e. The summed E-state index contributed by atoms with van der Waals surface area (Å²) in [5.74, 6) is -0.581. The van der Waals surface area contributed by atoms with Crippen molar-refractivity contribution in [1.82, 2.24) is 15.3 Å². The summed E-state index contributed by atoms with van der Waals surface area (Å²) in [7, 11) is -2.20. The fraction of sp³-hybridized carbons (Fsp3) is 0.333. The highest BCUT2D eigenvalue weighted by Gasteiger charge is 2.44. The summed E-state index contributed by atoms with van der Waals surface area (Å²) in [5.41, 5.74) is 0.259. The molecule has 1 unspecified atom stereocenters. The van der Waals surface area contributed by atoms with E-state index in [2.05, 4.69) is 49.2 Å². The van der Waals surface area contributed by atoms with Crippen molar-refractivity contribution in [3.8, 4) is 40.0 Å². The molecule has 2 aromatic carbocycles. The molecule has 12 heteroatoms. The van der Waals surface area contributed by atoms with Gasteiger partial charge < -0.3 is 23.6 Å². The van der Waals surface area contributed by atoms with Crippen molar-refractivity contribution < 1.29 is 31.4 Å². The molecule has 39 heavy (non-hydrogen) atoms. The second-order valence-corrected chi connectivity index (χ2v) is 15.6. The normalized spacial score (nSPS) is 16.2. The van der Waals surface area contributed by atoms with Crippen LogP contribution in [0.5, 0.6) is 5.75 Å². The van der Waals surface area contributed by atoms with Gasteiger partial charge in [0.1, 0.15) is 29.7 Å². The first kappa shape index (κ1) is 26.8. The lowest BCUT2D eigenvalue weighted by atomic mass is 10.00. The Kier molecular flexibility index (Phi) is 6.50. The Morgan fingerprint density at radius 1 is 0.974 bits per heavy atom. The quantitative estimate of drug-likeness (QED) is 0.253. The minimum absolute atomic E-state index is 0.0460. The van der Waals surface area contributed by atoms with E-state index in [4.69, 9.17) is 23.6 Å². The van der Waals surface area contributed by atoms with Gasteiger partial charge in [-0.15, -0.1) is 0 Å².